The molecule has 14 heavy (non-hydrogen) atoms. The minimum Gasteiger partial charge on any atom is -0.108 e. The van der Waals surface area contributed by atoms with Gasteiger partial charge in [-0.1, -0.05) is 42.7 Å². The molecule has 0 radical (unpaired) electrons. The average molecular weight is 207 g/mol. The van der Waals surface area contributed by atoms with Gasteiger partial charge < -0.3 is 0 Å². The molecule has 0 bridgehead atoms. The Hall–Kier alpha value is -0.930. The van der Waals surface area contributed by atoms with Gasteiger partial charge in [0.05, 0.1) is 5.38 Å². The summed E-state index contributed by atoms with van der Waals surface area (Å²) in [7, 11) is 0. The lowest BCUT2D eigenvalue weighted by molar-refractivity contribution is 1.03. The van der Waals surface area contributed by atoms with Gasteiger partial charge >= 0.3 is 0 Å². The van der Waals surface area contributed by atoms with E-state index >= 15 is 0 Å². The lowest BCUT2D eigenvalue weighted by Gasteiger charge is -2.02. The van der Waals surface area contributed by atoms with Gasteiger partial charge in [-0.2, -0.15) is 0 Å². The molecule has 0 aliphatic rings. The molecule has 0 fully saturated rings. The molecular weight excluding hydrogens is 192 g/mol. The minimum atomic E-state index is -0.0577. The molecule has 74 valence electrons. The maximum absolute atomic E-state index is 6.06. The average Bonchev–Trinajstić information content (AvgIpc) is 2.18. The van der Waals surface area contributed by atoms with Crippen molar-refractivity contribution in [2.45, 2.75) is 32.1 Å². The zero-order valence-corrected chi connectivity index (χ0v) is 9.43. The normalized spacial score (nSPS) is 11.6. The van der Waals surface area contributed by atoms with Crippen molar-refractivity contribution in [1.82, 2.24) is 0 Å². The molecule has 0 spiro atoms. The molecule has 0 heterocycles. The van der Waals surface area contributed by atoms with E-state index in [2.05, 4.69) is 43.0 Å². The van der Waals surface area contributed by atoms with E-state index in [-0.39, 0.29) is 5.38 Å². The Kier molecular flexibility index (Phi) is 4.56. The summed E-state index contributed by atoms with van der Waals surface area (Å²) >= 11 is 6.06. The highest BCUT2D eigenvalue weighted by molar-refractivity contribution is 6.22. The molecule has 1 unspecified atom stereocenters. The number of aryl methyl sites for hydroxylation is 1. The molecule has 0 aliphatic carbocycles. The Morgan fingerprint density at radius 2 is 1.93 bits per heavy atom. The standard InChI is InChI=1S/C13H15Cl/c1-3-4-5-13(14)10-12-8-6-11(2)7-9-12/h6-9,13H,3,10H2,1-2H3. The molecule has 0 amide bonds. The minimum absolute atomic E-state index is 0.0577. The predicted molar refractivity (Wildman–Crippen MR) is 62.6 cm³/mol. The summed E-state index contributed by atoms with van der Waals surface area (Å²) in [6, 6.07) is 8.43. The van der Waals surface area contributed by atoms with Crippen molar-refractivity contribution in [3.05, 3.63) is 35.4 Å². The van der Waals surface area contributed by atoms with Crippen LogP contribution in [0.2, 0.25) is 0 Å². The van der Waals surface area contributed by atoms with Crippen LogP contribution < -0.4 is 0 Å². The summed E-state index contributed by atoms with van der Waals surface area (Å²) < 4.78 is 0. The molecule has 1 rings (SSSR count). The fraction of sp³-hybridized carbons (Fsp3) is 0.385. The smallest absolute Gasteiger partial charge is 0.0983 e. The lowest BCUT2D eigenvalue weighted by atomic mass is 10.1. The van der Waals surface area contributed by atoms with Crippen molar-refractivity contribution in [1.29, 1.82) is 0 Å². The summed E-state index contributed by atoms with van der Waals surface area (Å²) in [5, 5.41) is -0.0577. The van der Waals surface area contributed by atoms with Crippen molar-refractivity contribution in [2.24, 2.45) is 0 Å². The summed E-state index contributed by atoms with van der Waals surface area (Å²) in [4.78, 5) is 0. The van der Waals surface area contributed by atoms with E-state index in [9.17, 15) is 0 Å². The zero-order chi connectivity index (χ0) is 10.4. The number of alkyl halides is 1. The second kappa shape index (κ2) is 5.73. The van der Waals surface area contributed by atoms with E-state index in [0.29, 0.717) is 0 Å². The van der Waals surface area contributed by atoms with Crippen molar-refractivity contribution in [3.63, 3.8) is 0 Å². The third-order valence-corrected chi connectivity index (χ3v) is 2.23. The van der Waals surface area contributed by atoms with Crippen molar-refractivity contribution in [2.75, 3.05) is 0 Å². The molecule has 0 N–H and O–H groups in total. The molecule has 0 nitrogen and oxygen atoms in total. The Morgan fingerprint density at radius 1 is 1.29 bits per heavy atom. The molecular formula is C13H15Cl. The fourth-order valence-corrected chi connectivity index (χ4v) is 1.45. The second-order valence-corrected chi connectivity index (χ2v) is 3.86. The quantitative estimate of drug-likeness (QED) is 0.513. The van der Waals surface area contributed by atoms with Gasteiger partial charge in [0.2, 0.25) is 0 Å². The van der Waals surface area contributed by atoms with Crippen LogP contribution in [0.3, 0.4) is 0 Å². The Morgan fingerprint density at radius 3 is 2.50 bits per heavy atom. The van der Waals surface area contributed by atoms with Gasteiger partial charge in [0.15, 0.2) is 0 Å². The highest BCUT2D eigenvalue weighted by Crippen LogP contribution is 2.09. The van der Waals surface area contributed by atoms with E-state index in [1.807, 2.05) is 6.92 Å². The number of hydrogen-bond acceptors (Lipinski definition) is 0. The molecule has 1 atom stereocenters. The Balaban J connectivity index is 2.56. The van der Waals surface area contributed by atoms with Gasteiger partial charge in [0.1, 0.15) is 0 Å². The summed E-state index contributed by atoms with van der Waals surface area (Å²) in [5.74, 6) is 6.01. The highest BCUT2D eigenvalue weighted by Gasteiger charge is 2.00. The van der Waals surface area contributed by atoms with Crippen molar-refractivity contribution >= 4 is 11.6 Å². The summed E-state index contributed by atoms with van der Waals surface area (Å²) in [6.07, 6.45) is 1.70. The van der Waals surface area contributed by atoms with Crippen LogP contribution in [0.15, 0.2) is 24.3 Å². The summed E-state index contributed by atoms with van der Waals surface area (Å²) in [5.41, 5.74) is 2.53. The van der Waals surface area contributed by atoms with Crippen LogP contribution in [0, 0.1) is 18.8 Å². The molecule has 0 aromatic heterocycles. The van der Waals surface area contributed by atoms with E-state index in [1.54, 1.807) is 0 Å². The first-order chi connectivity index (χ1) is 6.72. The first-order valence-corrected chi connectivity index (χ1v) is 5.34. The lowest BCUT2D eigenvalue weighted by Crippen LogP contribution is -1.99. The molecule has 1 aromatic rings. The number of halogens is 1. The molecule has 0 saturated heterocycles. The zero-order valence-electron chi connectivity index (χ0n) is 8.68. The monoisotopic (exact) mass is 206 g/mol. The van der Waals surface area contributed by atoms with Gasteiger partial charge in [-0.15, -0.1) is 17.5 Å². The topological polar surface area (TPSA) is 0 Å². The second-order valence-electron chi connectivity index (χ2n) is 3.33. The van der Waals surface area contributed by atoms with Gasteiger partial charge in [-0.25, -0.2) is 0 Å². The van der Waals surface area contributed by atoms with Crippen LogP contribution in [-0.4, -0.2) is 5.38 Å². The maximum atomic E-state index is 6.06. The van der Waals surface area contributed by atoms with E-state index < -0.39 is 0 Å². The van der Waals surface area contributed by atoms with Gasteiger partial charge in [0, 0.05) is 6.42 Å². The van der Waals surface area contributed by atoms with Gasteiger partial charge in [0.25, 0.3) is 0 Å². The van der Waals surface area contributed by atoms with Crippen LogP contribution in [0.25, 0.3) is 0 Å². The number of benzene rings is 1. The number of hydrogen-bond donors (Lipinski definition) is 0. The van der Waals surface area contributed by atoms with E-state index in [0.717, 1.165) is 12.8 Å². The Bertz CT molecular complexity index is 326. The maximum Gasteiger partial charge on any atom is 0.0983 e. The molecule has 1 aromatic carbocycles. The predicted octanol–water partition coefficient (Wildman–Crippen LogP) is 3.56. The van der Waals surface area contributed by atoms with Crippen LogP contribution in [0.1, 0.15) is 24.5 Å². The Labute approximate surface area is 91.3 Å². The highest BCUT2D eigenvalue weighted by atomic mass is 35.5. The van der Waals surface area contributed by atoms with Crippen LogP contribution in [0.4, 0.5) is 0 Å². The van der Waals surface area contributed by atoms with Gasteiger partial charge in [-0.3, -0.25) is 0 Å². The van der Waals surface area contributed by atoms with Crippen LogP contribution in [-0.2, 0) is 6.42 Å². The molecule has 0 saturated carbocycles. The van der Waals surface area contributed by atoms with E-state index in [1.165, 1.54) is 11.1 Å². The van der Waals surface area contributed by atoms with Crippen LogP contribution in [0.5, 0.6) is 0 Å². The number of rotatable bonds is 2. The first-order valence-electron chi connectivity index (χ1n) is 4.90. The largest absolute Gasteiger partial charge is 0.108 e. The summed E-state index contributed by atoms with van der Waals surface area (Å²) in [6.45, 7) is 4.11. The van der Waals surface area contributed by atoms with Crippen molar-refractivity contribution < 1.29 is 0 Å². The first kappa shape index (κ1) is 11.1. The van der Waals surface area contributed by atoms with Crippen LogP contribution >= 0.6 is 11.6 Å². The van der Waals surface area contributed by atoms with E-state index in [4.69, 9.17) is 11.6 Å². The molecule has 1 heteroatoms. The van der Waals surface area contributed by atoms with Crippen molar-refractivity contribution in [3.8, 4) is 11.8 Å². The third-order valence-electron chi connectivity index (χ3n) is 1.97. The van der Waals surface area contributed by atoms with Gasteiger partial charge in [-0.05, 0) is 18.9 Å². The SMILES string of the molecule is CCC#CC(Cl)Cc1ccc(C)cc1. The fourth-order valence-electron chi connectivity index (χ4n) is 1.19. The third kappa shape index (κ3) is 3.85. The molecule has 0 aliphatic heterocycles.